The third-order valence-electron chi connectivity index (χ3n) is 2.22. The molecule has 0 amide bonds. The van der Waals surface area contributed by atoms with E-state index in [9.17, 15) is 0 Å². The van der Waals surface area contributed by atoms with Gasteiger partial charge in [0.15, 0.2) is 5.95 Å². The van der Waals surface area contributed by atoms with Gasteiger partial charge in [-0.15, -0.1) is 0 Å². The molecule has 0 saturated carbocycles. The first-order chi connectivity index (χ1) is 6.72. The second-order valence-corrected chi connectivity index (χ2v) is 3.33. The number of rotatable bonds is 0. The van der Waals surface area contributed by atoms with Crippen LogP contribution in [0.25, 0.3) is 22.1 Å². The molecule has 2 heterocycles. The van der Waals surface area contributed by atoms with E-state index in [-0.39, 0.29) is 0 Å². The SMILES string of the molecule is Cc1nc2cc3nc(N)[nH]c3cc2[nH]1. The van der Waals surface area contributed by atoms with Crippen molar-refractivity contribution in [3.63, 3.8) is 0 Å². The fourth-order valence-electron chi connectivity index (χ4n) is 1.66. The summed E-state index contributed by atoms with van der Waals surface area (Å²) < 4.78 is 0. The molecule has 0 fully saturated rings. The summed E-state index contributed by atoms with van der Waals surface area (Å²) in [4.78, 5) is 14.6. The van der Waals surface area contributed by atoms with Crippen molar-refractivity contribution in [2.45, 2.75) is 6.92 Å². The molecule has 0 unspecified atom stereocenters. The quantitative estimate of drug-likeness (QED) is 0.496. The molecule has 14 heavy (non-hydrogen) atoms. The molecule has 5 nitrogen and oxygen atoms in total. The smallest absolute Gasteiger partial charge is 0.198 e. The van der Waals surface area contributed by atoms with Gasteiger partial charge in [-0.3, -0.25) is 0 Å². The fraction of sp³-hybridized carbons (Fsp3) is 0.111. The van der Waals surface area contributed by atoms with Gasteiger partial charge in [-0.2, -0.15) is 0 Å². The van der Waals surface area contributed by atoms with Gasteiger partial charge >= 0.3 is 0 Å². The Hall–Kier alpha value is -2.04. The van der Waals surface area contributed by atoms with Gasteiger partial charge in [0.25, 0.3) is 0 Å². The van der Waals surface area contributed by atoms with Gasteiger partial charge < -0.3 is 15.7 Å². The van der Waals surface area contributed by atoms with Crippen LogP contribution in [0.15, 0.2) is 12.1 Å². The zero-order chi connectivity index (χ0) is 9.71. The minimum absolute atomic E-state index is 0.435. The van der Waals surface area contributed by atoms with Crippen molar-refractivity contribution in [1.29, 1.82) is 0 Å². The van der Waals surface area contributed by atoms with Crippen LogP contribution in [0.4, 0.5) is 5.95 Å². The molecule has 1 aromatic carbocycles. The molecule has 70 valence electrons. The molecule has 5 heteroatoms. The largest absolute Gasteiger partial charge is 0.369 e. The monoisotopic (exact) mass is 187 g/mol. The Kier molecular flexibility index (Phi) is 1.19. The third-order valence-corrected chi connectivity index (χ3v) is 2.22. The molecule has 0 spiro atoms. The number of fused-ring (bicyclic) bond motifs is 2. The van der Waals surface area contributed by atoms with Gasteiger partial charge in [-0.1, -0.05) is 0 Å². The first kappa shape index (κ1) is 7.37. The molecule has 2 aromatic heterocycles. The Morgan fingerprint density at radius 3 is 2.64 bits per heavy atom. The molecule has 0 saturated heterocycles. The van der Waals surface area contributed by atoms with Crippen molar-refractivity contribution in [2.75, 3.05) is 5.73 Å². The number of nitrogens with two attached hydrogens (primary N) is 1. The maximum Gasteiger partial charge on any atom is 0.198 e. The number of nitrogens with one attached hydrogen (secondary N) is 2. The van der Waals surface area contributed by atoms with Crippen molar-refractivity contribution >= 4 is 28.0 Å². The Balaban J connectivity index is 2.49. The summed E-state index contributed by atoms with van der Waals surface area (Å²) in [6.45, 7) is 1.93. The molecule has 0 bridgehead atoms. The van der Waals surface area contributed by atoms with Gasteiger partial charge in [-0.25, -0.2) is 9.97 Å². The number of aromatic amines is 2. The summed E-state index contributed by atoms with van der Waals surface area (Å²) >= 11 is 0. The molecule has 0 aliphatic carbocycles. The molecular weight excluding hydrogens is 178 g/mol. The van der Waals surface area contributed by atoms with Gasteiger partial charge in [0.1, 0.15) is 5.82 Å². The number of benzene rings is 1. The number of aryl methyl sites for hydroxylation is 1. The van der Waals surface area contributed by atoms with Gasteiger partial charge in [0, 0.05) is 0 Å². The van der Waals surface area contributed by atoms with Crippen LogP contribution in [-0.4, -0.2) is 19.9 Å². The van der Waals surface area contributed by atoms with Gasteiger partial charge in [0.05, 0.1) is 22.1 Å². The molecule has 0 aliphatic heterocycles. The molecule has 0 atom stereocenters. The Morgan fingerprint density at radius 2 is 1.79 bits per heavy atom. The van der Waals surface area contributed by atoms with E-state index in [0.717, 1.165) is 27.9 Å². The first-order valence-electron chi connectivity index (χ1n) is 4.34. The lowest BCUT2D eigenvalue weighted by Gasteiger charge is -1.87. The third kappa shape index (κ3) is 0.891. The lowest BCUT2D eigenvalue weighted by atomic mass is 10.3. The number of hydrogen-bond acceptors (Lipinski definition) is 3. The Morgan fingerprint density at radius 1 is 1.07 bits per heavy atom. The highest BCUT2D eigenvalue weighted by Crippen LogP contribution is 2.19. The highest BCUT2D eigenvalue weighted by atomic mass is 15.0. The van der Waals surface area contributed by atoms with E-state index >= 15 is 0 Å². The zero-order valence-electron chi connectivity index (χ0n) is 7.63. The summed E-state index contributed by atoms with van der Waals surface area (Å²) in [7, 11) is 0. The minimum Gasteiger partial charge on any atom is -0.369 e. The second-order valence-electron chi connectivity index (χ2n) is 3.33. The van der Waals surface area contributed by atoms with E-state index in [2.05, 4.69) is 19.9 Å². The van der Waals surface area contributed by atoms with Gasteiger partial charge in [0.2, 0.25) is 0 Å². The van der Waals surface area contributed by atoms with Crippen LogP contribution < -0.4 is 5.73 Å². The number of imidazole rings is 2. The average molecular weight is 187 g/mol. The van der Waals surface area contributed by atoms with Crippen molar-refractivity contribution in [1.82, 2.24) is 19.9 Å². The van der Waals surface area contributed by atoms with E-state index in [0.29, 0.717) is 5.95 Å². The van der Waals surface area contributed by atoms with Crippen LogP contribution in [0.1, 0.15) is 5.82 Å². The summed E-state index contributed by atoms with van der Waals surface area (Å²) in [6, 6.07) is 3.88. The highest BCUT2D eigenvalue weighted by molar-refractivity contribution is 5.92. The number of nitrogen functional groups attached to an aromatic ring is 1. The topological polar surface area (TPSA) is 83.4 Å². The normalized spacial score (nSPS) is 11.5. The van der Waals surface area contributed by atoms with E-state index in [1.165, 1.54) is 0 Å². The van der Waals surface area contributed by atoms with E-state index < -0.39 is 0 Å². The van der Waals surface area contributed by atoms with Crippen LogP contribution in [0.2, 0.25) is 0 Å². The summed E-state index contributed by atoms with van der Waals surface area (Å²) in [5.74, 6) is 1.34. The first-order valence-corrected chi connectivity index (χ1v) is 4.34. The molecule has 3 rings (SSSR count). The van der Waals surface area contributed by atoms with E-state index in [1.54, 1.807) is 0 Å². The van der Waals surface area contributed by atoms with Crippen molar-refractivity contribution in [3.05, 3.63) is 18.0 Å². The second kappa shape index (κ2) is 2.25. The van der Waals surface area contributed by atoms with E-state index in [1.807, 2.05) is 19.1 Å². The molecule has 0 aliphatic rings. The van der Waals surface area contributed by atoms with E-state index in [4.69, 9.17) is 5.73 Å². The summed E-state index contributed by atoms with van der Waals surface area (Å²) in [5, 5.41) is 0. The summed E-state index contributed by atoms with van der Waals surface area (Å²) in [5.41, 5.74) is 9.25. The van der Waals surface area contributed by atoms with Crippen LogP contribution in [0.3, 0.4) is 0 Å². The minimum atomic E-state index is 0.435. The predicted octanol–water partition coefficient (Wildman–Crippen LogP) is 1.33. The number of nitrogens with zero attached hydrogens (tertiary/aromatic N) is 2. The highest BCUT2D eigenvalue weighted by Gasteiger charge is 2.04. The molecule has 4 N–H and O–H groups in total. The van der Waals surface area contributed by atoms with Crippen LogP contribution in [0, 0.1) is 6.92 Å². The average Bonchev–Trinajstić information content (AvgIpc) is 2.59. The Labute approximate surface area is 79.4 Å². The van der Waals surface area contributed by atoms with Gasteiger partial charge in [-0.05, 0) is 19.1 Å². The lowest BCUT2D eigenvalue weighted by molar-refractivity contribution is 1.17. The Bertz CT molecular complexity index is 516. The van der Waals surface area contributed by atoms with Crippen molar-refractivity contribution in [3.8, 4) is 0 Å². The standard InChI is InChI=1S/C9H9N5/c1-4-11-5-2-7-8(3-6(5)12-4)14-9(10)13-7/h2-3H,1H3,(H,11,12)(H3,10,13,14). The molecule has 0 radical (unpaired) electrons. The van der Waals surface area contributed by atoms with Crippen molar-refractivity contribution < 1.29 is 0 Å². The lowest BCUT2D eigenvalue weighted by Crippen LogP contribution is -1.84. The van der Waals surface area contributed by atoms with Crippen LogP contribution in [-0.2, 0) is 0 Å². The number of aromatic nitrogens is 4. The molecule has 3 aromatic rings. The molecular formula is C9H9N5. The maximum absolute atomic E-state index is 5.55. The van der Waals surface area contributed by atoms with Crippen LogP contribution >= 0.6 is 0 Å². The maximum atomic E-state index is 5.55. The number of H-pyrrole nitrogens is 2. The zero-order valence-corrected chi connectivity index (χ0v) is 7.63. The van der Waals surface area contributed by atoms with Crippen LogP contribution in [0.5, 0.6) is 0 Å². The fourth-order valence-corrected chi connectivity index (χ4v) is 1.66. The number of hydrogen-bond donors (Lipinski definition) is 3. The summed E-state index contributed by atoms with van der Waals surface area (Å²) in [6.07, 6.45) is 0. The van der Waals surface area contributed by atoms with Crippen molar-refractivity contribution in [2.24, 2.45) is 0 Å². The predicted molar refractivity (Wildman–Crippen MR) is 54.9 cm³/mol. The number of anilines is 1.